The van der Waals surface area contributed by atoms with E-state index in [1.165, 1.54) is 17.6 Å². The summed E-state index contributed by atoms with van der Waals surface area (Å²) in [5.74, 6) is -3.92. The van der Waals surface area contributed by atoms with Crippen LogP contribution in [0.15, 0.2) is 24.3 Å². The Morgan fingerprint density at radius 2 is 1.76 bits per heavy atom. The molecule has 1 aliphatic heterocycles. The molecule has 0 atom stereocenters. The third-order valence-corrected chi connectivity index (χ3v) is 5.17. The molecule has 10 nitrogen and oxygen atoms in total. The van der Waals surface area contributed by atoms with E-state index in [-0.39, 0.29) is 61.4 Å². The Morgan fingerprint density at radius 1 is 1.08 bits per heavy atom. The van der Waals surface area contributed by atoms with E-state index >= 15 is 0 Å². The minimum Gasteiger partial charge on any atom is -0.496 e. The Labute approximate surface area is 205 Å². The minimum atomic E-state index is -5.25. The smallest absolute Gasteiger partial charge is 0.493 e. The van der Waals surface area contributed by atoms with Gasteiger partial charge in [0.1, 0.15) is 17.6 Å². The molecule has 198 valence electrons. The highest BCUT2D eigenvalue weighted by Crippen LogP contribution is 2.38. The number of carbonyl (C=O) groups is 2. The fourth-order valence-electron chi connectivity index (χ4n) is 3.41. The van der Waals surface area contributed by atoms with Gasteiger partial charge in [0, 0.05) is 37.8 Å². The molecule has 1 N–H and O–H groups in total. The fraction of sp³-hybridized carbons (Fsp3) is 0.381. The Morgan fingerprint density at radius 3 is 2.32 bits per heavy atom. The number of rotatable bonds is 5. The van der Waals surface area contributed by atoms with Crippen molar-refractivity contribution in [3.63, 3.8) is 0 Å². The monoisotopic (exact) mass is 532 g/mol. The number of benzene rings is 1. The maximum atomic E-state index is 13.4. The van der Waals surface area contributed by atoms with Gasteiger partial charge in [0.05, 0.1) is 24.9 Å². The number of aromatic nitrogens is 2. The molecule has 0 bridgehead atoms. The lowest BCUT2D eigenvalue weighted by Crippen LogP contribution is -2.50. The molecular formula is C21H18F6N6O4. The van der Waals surface area contributed by atoms with Gasteiger partial charge in [-0.3, -0.25) is 9.69 Å². The fourth-order valence-corrected chi connectivity index (χ4v) is 3.41. The molecule has 16 heteroatoms. The first kappa shape index (κ1) is 27.5. The van der Waals surface area contributed by atoms with Crippen molar-refractivity contribution in [2.45, 2.75) is 12.4 Å². The summed E-state index contributed by atoms with van der Waals surface area (Å²) in [7, 11) is 1.11. The highest BCUT2D eigenvalue weighted by atomic mass is 19.4. The number of anilines is 1. The average Bonchev–Trinajstić information content (AvgIpc) is 2.85. The molecule has 2 aromatic rings. The molecule has 1 aliphatic rings. The number of methoxy groups -OCH3 is 1. The van der Waals surface area contributed by atoms with Crippen LogP contribution in [0.4, 0.5) is 32.2 Å². The van der Waals surface area contributed by atoms with Crippen LogP contribution in [0.3, 0.4) is 0 Å². The van der Waals surface area contributed by atoms with Crippen LogP contribution in [0.2, 0.25) is 0 Å². The quantitative estimate of drug-likeness (QED) is 0.457. The summed E-state index contributed by atoms with van der Waals surface area (Å²) in [6.07, 6.45) is -9.94. The van der Waals surface area contributed by atoms with Crippen LogP contribution >= 0.6 is 0 Å². The third-order valence-electron chi connectivity index (χ3n) is 5.17. The SMILES string of the molecule is COc1ccc(-c2cc(N3CCN(CC(=O)NOC(=O)C(F)(F)F)CC3)nc(C#N)n2)cc1C(F)(F)F. The van der Waals surface area contributed by atoms with Crippen LogP contribution in [0.1, 0.15) is 11.4 Å². The van der Waals surface area contributed by atoms with Gasteiger partial charge < -0.3 is 14.5 Å². The van der Waals surface area contributed by atoms with Crippen molar-refractivity contribution in [1.29, 1.82) is 5.26 Å². The number of halogens is 6. The largest absolute Gasteiger partial charge is 0.496 e. The lowest BCUT2D eigenvalue weighted by Gasteiger charge is -2.35. The molecular weight excluding hydrogens is 514 g/mol. The molecule has 0 radical (unpaired) electrons. The summed E-state index contributed by atoms with van der Waals surface area (Å²) in [5.41, 5.74) is 0.572. The van der Waals surface area contributed by atoms with E-state index in [0.29, 0.717) is 0 Å². The van der Waals surface area contributed by atoms with E-state index in [4.69, 9.17) is 4.74 Å². The van der Waals surface area contributed by atoms with Crippen LogP contribution in [0.25, 0.3) is 11.3 Å². The second-order valence-corrected chi connectivity index (χ2v) is 7.64. The summed E-state index contributed by atoms with van der Waals surface area (Å²) in [6, 6.07) is 6.55. The van der Waals surface area contributed by atoms with Crippen molar-refractivity contribution in [1.82, 2.24) is 20.3 Å². The number of piperazine rings is 1. The number of nitrogens with zero attached hydrogens (tertiary/aromatic N) is 5. The van der Waals surface area contributed by atoms with E-state index in [1.54, 1.807) is 15.9 Å². The van der Waals surface area contributed by atoms with E-state index in [9.17, 15) is 41.2 Å². The van der Waals surface area contributed by atoms with Crippen LogP contribution in [0.5, 0.6) is 5.75 Å². The molecule has 0 saturated carbocycles. The van der Waals surface area contributed by atoms with E-state index in [2.05, 4.69) is 14.8 Å². The molecule has 1 saturated heterocycles. The number of hydrogen-bond donors (Lipinski definition) is 1. The Balaban J connectivity index is 1.70. The van der Waals surface area contributed by atoms with Crippen molar-refractivity contribution in [2.24, 2.45) is 0 Å². The van der Waals surface area contributed by atoms with Crippen LogP contribution in [-0.4, -0.2) is 72.8 Å². The third kappa shape index (κ3) is 6.97. The topological polar surface area (TPSA) is 121 Å². The van der Waals surface area contributed by atoms with Crippen molar-refractivity contribution >= 4 is 17.7 Å². The highest BCUT2D eigenvalue weighted by Gasteiger charge is 2.42. The van der Waals surface area contributed by atoms with Crippen molar-refractivity contribution < 1.29 is 45.5 Å². The molecule has 3 rings (SSSR count). The van der Waals surface area contributed by atoms with Crippen LogP contribution in [0, 0.1) is 11.3 Å². The second-order valence-electron chi connectivity index (χ2n) is 7.64. The van der Waals surface area contributed by atoms with Gasteiger partial charge in [-0.15, -0.1) is 0 Å². The van der Waals surface area contributed by atoms with Gasteiger partial charge >= 0.3 is 18.3 Å². The van der Waals surface area contributed by atoms with E-state index in [1.807, 2.05) is 0 Å². The van der Waals surface area contributed by atoms with Crippen molar-refractivity contribution in [2.75, 3.05) is 44.7 Å². The number of alkyl halides is 6. The number of nitrogens with one attached hydrogen (secondary N) is 1. The Hall–Kier alpha value is -4.13. The second kappa shape index (κ2) is 10.9. The zero-order chi connectivity index (χ0) is 27.4. The highest BCUT2D eigenvalue weighted by molar-refractivity contribution is 5.81. The minimum absolute atomic E-state index is 0.0722. The molecule has 37 heavy (non-hydrogen) atoms. The average molecular weight is 532 g/mol. The molecule has 1 fully saturated rings. The van der Waals surface area contributed by atoms with E-state index < -0.39 is 29.8 Å². The predicted octanol–water partition coefficient (Wildman–Crippen LogP) is 2.30. The van der Waals surface area contributed by atoms with Crippen molar-refractivity contribution in [3.05, 3.63) is 35.7 Å². The molecule has 1 aromatic carbocycles. The molecule has 1 amide bonds. The maximum absolute atomic E-state index is 13.4. The van der Waals surface area contributed by atoms with Crippen molar-refractivity contribution in [3.8, 4) is 23.1 Å². The first-order chi connectivity index (χ1) is 17.3. The normalized spacial score (nSPS) is 14.6. The van der Waals surface area contributed by atoms with Gasteiger partial charge in [-0.05, 0) is 18.2 Å². The maximum Gasteiger partial charge on any atom is 0.493 e. The Bertz CT molecular complexity index is 1210. The number of hydrogen-bond acceptors (Lipinski definition) is 9. The predicted molar refractivity (Wildman–Crippen MR) is 113 cm³/mol. The molecule has 0 unspecified atom stereocenters. The number of hydroxylamine groups is 1. The summed E-state index contributed by atoms with van der Waals surface area (Å²) < 4.78 is 81.5. The van der Waals surface area contributed by atoms with Crippen LogP contribution < -0.4 is 15.1 Å². The lowest BCUT2D eigenvalue weighted by atomic mass is 10.1. The van der Waals surface area contributed by atoms with E-state index in [0.717, 1.165) is 19.2 Å². The number of amides is 1. The number of carbonyl (C=O) groups excluding carboxylic acids is 2. The first-order valence-electron chi connectivity index (χ1n) is 10.4. The molecule has 0 spiro atoms. The number of nitriles is 1. The lowest BCUT2D eigenvalue weighted by molar-refractivity contribution is -0.207. The zero-order valence-electron chi connectivity index (χ0n) is 19.0. The van der Waals surface area contributed by atoms with Gasteiger partial charge in [0.25, 0.3) is 5.91 Å². The molecule has 1 aromatic heterocycles. The van der Waals surface area contributed by atoms with Crippen LogP contribution in [-0.2, 0) is 20.6 Å². The van der Waals surface area contributed by atoms with Gasteiger partial charge in [-0.25, -0.2) is 14.8 Å². The molecule has 0 aliphatic carbocycles. The summed E-state index contributed by atoms with van der Waals surface area (Å²) in [5, 5.41) is 9.33. The molecule has 2 heterocycles. The zero-order valence-corrected chi connectivity index (χ0v) is 19.0. The number of ether oxygens (including phenoxy) is 1. The first-order valence-corrected chi connectivity index (χ1v) is 10.4. The Kier molecular flexibility index (Phi) is 8.06. The van der Waals surface area contributed by atoms with Gasteiger partial charge in [-0.1, -0.05) is 0 Å². The summed E-state index contributed by atoms with van der Waals surface area (Å²) in [6.45, 7) is 0.634. The standard InChI is InChI=1S/C21H18F6N6O4/c1-36-15-3-2-12(8-13(15)20(22,23)24)14-9-17(30-16(10-28)29-14)33-6-4-32(5-7-33)11-18(34)31-37-19(35)21(25,26)27/h2-3,8-9H,4-7,11H2,1H3,(H,31,34). The van der Waals surface area contributed by atoms with Gasteiger partial charge in [0.15, 0.2) is 0 Å². The van der Waals surface area contributed by atoms with Gasteiger partial charge in [0.2, 0.25) is 5.82 Å². The summed E-state index contributed by atoms with van der Waals surface area (Å²) in [4.78, 5) is 37.5. The van der Waals surface area contributed by atoms with Gasteiger partial charge in [-0.2, -0.15) is 37.1 Å². The summed E-state index contributed by atoms with van der Waals surface area (Å²) >= 11 is 0.